The van der Waals surface area contributed by atoms with E-state index in [0.717, 1.165) is 0 Å². The van der Waals surface area contributed by atoms with Crippen LogP contribution >= 0.6 is 0 Å². The molecule has 2 heteroatoms. The molecule has 13 heavy (non-hydrogen) atoms. The summed E-state index contributed by atoms with van der Waals surface area (Å²) in [5.41, 5.74) is 0.602. The van der Waals surface area contributed by atoms with Crippen LogP contribution in [-0.2, 0) is 4.79 Å². The summed E-state index contributed by atoms with van der Waals surface area (Å²) in [6.45, 7) is 7.46. The summed E-state index contributed by atoms with van der Waals surface area (Å²) in [6.07, 6.45) is 5.16. The summed E-state index contributed by atoms with van der Waals surface area (Å²) in [6, 6.07) is 0.312. The van der Waals surface area contributed by atoms with Gasteiger partial charge in [0, 0.05) is 11.6 Å². The Morgan fingerprint density at radius 3 is 2.46 bits per heavy atom. The number of carbonyl (C=O) groups excluding carboxylic acids is 1. The van der Waals surface area contributed by atoms with Gasteiger partial charge in [0.2, 0.25) is 5.91 Å². The third-order valence-corrected chi connectivity index (χ3v) is 2.85. The highest BCUT2D eigenvalue weighted by atomic mass is 16.1. The first-order chi connectivity index (χ1) is 6.11. The maximum absolute atomic E-state index is 11.3. The number of hydrogen-bond donors (Lipinski definition) is 1. The maximum atomic E-state index is 11.3. The minimum atomic E-state index is -0.000556. The molecule has 0 bridgehead atoms. The molecule has 0 heterocycles. The molecule has 0 aromatic heterocycles. The molecule has 0 aliphatic heterocycles. The van der Waals surface area contributed by atoms with Crippen LogP contribution in [-0.4, -0.2) is 11.9 Å². The van der Waals surface area contributed by atoms with Gasteiger partial charge >= 0.3 is 0 Å². The van der Waals surface area contributed by atoms with E-state index in [1.165, 1.54) is 25.7 Å². The highest BCUT2D eigenvalue weighted by Crippen LogP contribution is 2.27. The van der Waals surface area contributed by atoms with Gasteiger partial charge in [0.1, 0.15) is 0 Å². The van der Waals surface area contributed by atoms with Crippen molar-refractivity contribution >= 4 is 5.91 Å². The molecule has 1 N–H and O–H groups in total. The summed E-state index contributed by atoms with van der Waals surface area (Å²) in [7, 11) is 0. The lowest BCUT2D eigenvalue weighted by molar-refractivity contribution is -0.118. The minimum Gasteiger partial charge on any atom is -0.350 e. The summed E-state index contributed by atoms with van der Waals surface area (Å²) >= 11 is 0. The van der Waals surface area contributed by atoms with Gasteiger partial charge in [0.15, 0.2) is 0 Å². The van der Waals surface area contributed by atoms with Gasteiger partial charge in [-0.1, -0.05) is 19.4 Å². The SMILES string of the molecule is C=C(C)C(=O)N[C@@H](C)C1CCCC1. The molecule has 0 aromatic carbocycles. The van der Waals surface area contributed by atoms with Gasteiger partial charge < -0.3 is 5.32 Å². The molecule has 1 amide bonds. The molecule has 0 saturated heterocycles. The predicted octanol–water partition coefficient (Wildman–Crippen LogP) is 2.26. The zero-order valence-corrected chi connectivity index (χ0v) is 8.60. The van der Waals surface area contributed by atoms with Gasteiger partial charge in [-0.25, -0.2) is 0 Å². The molecule has 0 spiro atoms. The average molecular weight is 181 g/mol. The third kappa shape index (κ3) is 2.87. The van der Waals surface area contributed by atoms with E-state index in [4.69, 9.17) is 0 Å². The fraction of sp³-hybridized carbons (Fsp3) is 0.727. The monoisotopic (exact) mass is 181 g/mol. The smallest absolute Gasteiger partial charge is 0.246 e. The molecule has 1 aliphatic rings. The van der Waals surface area contributed by atoms with Crippen molar-refractivity contribution in [2.75, 3.05) is 0 Å². The van der Waals surface area contributed by atoms with Crippen molar-refractivity contribution in [3.05, 3.63) is 12.2 Å². The van der Waals surface area contributed by atoms with Crippen LogP contribution in [0.15, 0.2) is 12.2 Å². The van der Waals surface area contributed by atoms with Gasteiger partial charge in [-0.05, 0) is 32.6 Å². The lowest BCUT2D eigenvalue weighted by atomic mass is 9.99. The van der Waals surface area contributed by atoms with Crippen molar-refractivity contribution in [1.82, 2.24) is 5.32 Å². The van der Waals surface area contributed by atoms with Gasteiger partial charge in [-0.2, -0.15) is 0 Å². The molecule has 1 rings (SSSR count). The first-order valence-corrected chi connectivity index (χ1v) is 5.07. The first-order valence-electron chi connectivity index (χ1n) is 5.07. The third-order valence-electron chi connectivity index (χ3n) is 2.85. The second-order valence-electron chi connectivity index (χ2n) is 4.09. The molecule has 1 fully saturated rings. The first kappa shape index (κ1) is 10.3. The fourth-order valence-electron chi connectivity index (χ4n) is 1.91. The highest BCUT2D eigenvalue weighted by Gasteiger charge is 2.22. The van der Waals surface area contributed by atoms with Crippen molar-refractivity contribution < 1.29 is 4.79 Å². The molecular formula is C11H19NO. The van der Waals surface area contributed by atoms with Crippen molar-refractivity contribution in [2.45, 2.75) is 45.6 Å². The number of rotatable bonds is 3. The van der Waals surface area contributed by atoms with Gasteiger partial charge in [0.05, 0.1) is 0 Å². The van der Waals surface area contributed by atoms with Crippen LogP contribution in [0.5, 0.6) is 0 Å². The van der Waals surface area contributed by atoms with E-state index in [0.29, 0.717) is 17.5 Å². The largest absolute Gasteiger partial charge is 0.350 e. The molecular weight excluding hydrogens is 162 g/mol. The Kier molecular flexibility index (Phi) is 3.52. The molecule has 1 atom stereocenters. The van der Waals surface area contributed by atoms with E-state index in [-0.39, 0.29) is 5.91 Å². The average Bonchev–Trinajstić information content (AvgIpc) is 2.55. The molecule has 1 aliphatic carbocycles. The predicted molar refractivity (Wildman–Crippen MR) is 54.4 cm³/mol. The van der Waals surface area contributed by atoms with E-state index >= 15 is 0 Å². The maximum Gasteiger partial charge on any atom is 0.246 e. The molecule has 0 unspecified atom stereocenters. The Morgan fingerprint density at radius 1 is 1.46 bits per heavy atom. The summed E-state index contributed by atoms with van der Waals surface area (Å²) in [5, 5.41) is 2.98. The molecule has 0 radical (unpaired) electrons. The molecule has 0 aromatic rings. The van der Waals surface area contributed by atoms with Crippen molar-refractivity contribution in [3.63, 3.8) is 0 Å². The van der Waals surface area contributed by atoms with Crippen LogP contribution in [0, 0.1) is 5.92 Å². The van der Waals surface area contributed by atoms with Crippen molar-refractivity contribution in [1.29, 1.82) is 0 Å². The second-order valence-corrected chi connectivity index (χ2v) is 4.09. The number of hydrogen-bond acceptors (Lipinski definition) is 1. The van der Waals surface area contributed by atoms with E-state index in [1.54, 1.807) is 6.92 Å². The summed E-state index contributed by atoms with van der Waals surface area (Å²) < 4.78 is 0. The second kappa shape index (κ2) is 4.45. The van der Waals surface area contributed by atoms with Crippen molar-refractivity contribution in [3.8, 4) is 0 Å². The Morgan fingerprint density at radius 2 is 2.00 bits per heavy atom. The molecule has 74 valence electrons. The number of amides is 1. The van der Waals surface area contributed by atoms with Crippen LogP contribution < -0.4 is 5.32 Å². The van der Waals surface area contributed by atoms with Gasteiger partial charge in [0.25, 0.3) is 0 Å². The van der Waals surface area contributed by atoms with E-state index in [9.17, 15) is 4.79 Å². The van der Waals surface area contributed by atoms with Gasteiger partial charge in [-0.15, -0.1) is 0 Å². The Labute approximate surface area is 80.4 Å². The zero-order chi connectivity index (χ0) is 9.84. The number of carbonyl (C=O) groups is 1. The number of nitrogens with one attached hydrogen (secondary N) is 1. The summed E-state index contributed by atoms with van der Waals surface area (Å²) in [5.74, 6) is 0.683. The lowest BCUT2D eigenvalue weighted by Gasteiger charge is -2.20. The summed E-state index contributed by atoms with van der Waals surface area (Å²) in [4.78, 5) is 11.3. The normalized spacial score (nSPS) is 19.8. The van der Waals surface area contributed by atoms with E-state index in [2.05, 4.69) is 18.8 Å². The van der Waals surface area contributed by atoms with Crippen LogP contribution in [0.3, 0.4) is 0 Å². The van der Waals surface area contributed by atoms with E-state index in [1.807, 2.05) is 0 Å². The van der Waals surface area contributed by atoms with Crippen LogP contribution in [0.25, 0.3) is 0 Å². The molecule has 2 nitrogen and oxygen atoms in total. The van der Waals surface area contributed by atoms with Crippen LogP contribution in [0.2, 0.25) is 0 Å². The topological polar surface area (TPSA) is 29.1 Å². The highest BCUT2D eigenvalue weighted by molar-refractivity contribution is 5.92. The zero-order valence-electron chi connectivity index (χ0n) is 8.60. The van der Waals surface area contributed by atoms with E-state index < -0.39 is 0 Å². The van der Waals surface area contributed by atoms with Crippen LogP contribution in [0.1, 0.15) is 39.5 Å². The Bertz CT molecular complexity index is 204. The van der Waals surface area contributed by atoms with Crippen molar-refractivity contribution in [2.24, 2.45) is 5.92 Å². The molecule has 1 saturated carbocycles. The van der Waals surface area contributed by atoms with Crippen LogP contribution in [0.4, 0.5) is 0 Å². The standard InChI is InChI=1S/C11H19NO/c1-8(2)11(13)12-9(3)10-6-4-5-7-10/h9-10H,1,4-7H2,2-3H3,(H,12,13)/t9-/m0/s1. The fourth-order valence-corrected chi connectivity index (χ4v) is 1.91. The Balaban J connectivity index is 2.35. The minimum absolute atomic E-state index is 0.000556. The Hall–Kier alpha value is -0.790. The quantitative estimate of drug-likeness (QED) is 0.665. The lowest BCUT2D eigenvalue weighted by Crippen LogP contribution is -2.37. The van der Waals surface area contributed by atoms with Gasteiger partial charge in [-0.3, -0.25) is 4.79 Å².